The van der Waals surface area contributed by atoms with Crippen LogP contribution >= 0.6 is 0 Å². The first-order valence-corrected chi connectivity index (χ1v) is 7.29. The molecule has 5 heteroatoms. The minimum absolute atomic E-state index is 0.0686. The van der Waals surface area contributed by atoms with E-state index in [1.807, 2.05) is 0 Å². The summed E-state index contributed by atoms with van der Waals surface area (Å²) in [5.74, 6) is -0.724. The van der Waals surface area contributed by atoms with Crippen molar-refractivity contribution in [2.24, 2.45) is 0 Å². The number of carboxylic acids is 1. The first-order valence-electron chi connectivity index (χ1n) is 7.29. The van der Waals surface area contributed by atoms with Gasteiger partial charge in [-0.25, -0.2) is 0 Å². The Labute approximate surface area is 115 Å². The van der Waals surface area contributed by atoms with Crippen LogP contribution in [-0.2, 0) is 9.53 Å². The summed E-state index contributed by atoms with van der Waals surface area (Å²) in [4.78, 5) is 13.5. The number of ether oxygens (including phenoxy) is 1. The monoisotopic (exact) mass is 270 g/mol. The first kappa shape index (κ1) is 14.8. The Morgan fingerprint density at radius 3 is 2.89 bits per heavy atom. The van der Waals surface area contributed by atoms with E-state index in [0.717, 1.165) is 45.3 Å². The maximum atomic E-state index is 11.2. The van der Waals surface area contributed by atoms with Gasteiger partial charge >= 0.3 is 5.97 Å². The summed E-state index contributed by atoms with van der Waals surface area (Å²) in [6.45, 7) is 4.92. The maximum Gasteiger partial charge on any atom is 0.320 e. The van der Waals surface area contributed by atoms with E-state index in [0.29, 0.717) is 12.5 Å². The topological polar surface area (TPSA) is 61.8 Å². The van der Waals surface area contributed by atoms with Crippen LogP contribution in [0.2, 0.25) is 0 Å². The van der Waals surface area contributed by atoms with E-state index in [4.69, 9.17) is 4.74 Å². The lowest BCUT2D eigenvalue weighted by Gasteiger charge is -2.39. The quantitative estimate of drug-likeness (QED) is 0.725. The number of aliphatic carboxylic acids is 1. The fraction of sp³-hybridized carbons (Fsp3) is 0.929. The molecule has 2 aliphatic rings. The number of carbonyl (C=O) groups is 1. The molecule has 1 saturated heterocycles. The van der Waals surface area contributed by atoms with E-state index in [1.165, 1.54) is 0 Å². The summed E-state index contributed by atoms with van der Waals surface area (Å²) in [7, 11) is 1.76. The van der Waals surface area contributed by atoms with Crippen LogP contribution in [0.3, 0.4) is 0 Å². The van der Waals surface area contributed by atoms with Gasteiger partial charge < -0.3 is 20.1 Å². The second-order valence-corrected chi connectivity index (χ2v) is 6.15. The number of piperidine rings is 1. The van der Waals surface area contributed by atoms with Crippen molar-refractivity contribution in [3.05, 3.63) is 0 Å². The van der Waals surface area contributed by atoms with Gasteiger partial charge in [-0.2, -0.15) is 0 Å². The maximum absolute atomic E-state index is 11.2. The smallest absolute Gasteiger partial charge is 0.320 e. The van der Waals surface area contributed by atoms with Gasteiger partial charge in [0.15, 0.2) is 0 Å². The van der Waals surface area contributed by atoms with Crippen molar-refractivity contribution in [2.75, 3.05) is 26.7 Å². The van der Waals surface area contributed by atoms with Crippen molar-refractivity contribution >= 4 is 5.97 Å². The molecule has 1 saturated carbocycles. The zero-order valence-electron chi connectivity index (χ0n) is 12.0. The molecule has 0 spiro atoms. The van der Waals surface area contributed by atoms with E-state index >= 15 is 0 Å². The average molecular weight is 270 g/mol. The Bertz CT molecular complexity index is 320. The second-order valence-electron chi connectivity index (χ2n) is 6.15. The highest BCUT2D eigenvalue weighted by Crippen LogP contribution is 2.24. The molecule has 2 unspecified atom stereocenters. The molecular weight excluding hydrogens is 244 g/mol. The lowest BCUT2D eigenvalue weighted by atomic mass is 9.94. The number of nitrogens with zero attached hydrogens (tertiary/aromatic N) is 1. The highest BCUT2D eigenvalue weighted by Gasteiger charge is 2.32. The predicted molar refractivity (Wildman–Crippen MR) is 73.3 cm³/mol. The zero-order chi connectivity index (χ0) is 13.9. The SMILES string of the molecule is COC1(C)CCCN(CCC(NC2CC2)C(=O)O)C1. The highest BCUT2D eigenvalue weighted by atomic mass is 16.5. The highest BCUT2D eigenvalue weighted by molar-refractivity contribution is 5.73. The van der Waals surface area contributed by atoms with Crippen LogP contribution in [0, 0.1) is 0 Å². The average Bonchev–Trinajstić information content (AvgIpc) is 3.18. The van der Waals surface area contributed by atoms with E-state index in [9.17, 15) is 9.90 Å². The summed E-state index contributed by atoms with van der Waals surface area (Å²) in [5, 5.41) is 12.4. The van der Waals surface area contributed by atoms with Gasteiger partial charge in [0.1, 0.15) is 6.04 Å². The Kier molecular flexibility index (Phi) is 4.81. The van der Waals surface area contributed by atoms with Crippen molar-refractivity contribution in [3.63, 3.8) is 0 Å². The van der Waals surface area contributed by atoms with E-state index < -0.39 is 12.0 Å². The molecule has 2 atom stereocenters. The summed E-state index contributed by atoms with van der Waals surface area (Å²) in [6, 6.07) is 0.0370. The number of methoxy groups -OCH3 is 1. The lowest BCUT2D eigenvalue weighted by Crippen LogP contribution is -2.49. The minimum Gasteiger partial charge on any atom is -0.480 e. The van der Waals surface area contributed by atoms with Crippen LogP contribution < -0.4 is 5.32 Å². The number of rotatable bonds is 7. The molecule has 1 aliphatic carbocycles. The van der Waals surface area contributed by atoms with Crippen LogP contribution in [0.4, 0.5) is 0 Å². The summed E-state index contributed by atoms with van der Waals surface area (Å²) < 4.78 is 5.56. The van der Waals surface area contributed by atoms with Crippen molar-refractivity contribution in [1.82, 2.24) is 10.2 Å². The van der Waals surface area contributed by atoms with Gasteiger partial charge in [0.2, 0.25) is 0 Å². The van der Waals surface area contributed by atoms with E-state index in [2.05, 4.69) is 17.1 Å². The molecule has 0 aromatic carbocycles. The van der Waals surface area contributed by atoms with Crippen LogP contribution in [0.1, 0.15) is 39.0 Å². The summed E-state index contributed by atoms with van der Waals surface area (Å²) in [6.07, 6.45) is 5.12. The van der Waals surface area contributed by atoms with Gasteiger partial charge in [0, 0.05) is 26.2 Å². The minimum atomic E-state index is -0.724. The third-order valence-electron chi connectivity index (χ3n) is 4.28. The third-order valence-corrected chi connectivity index (χ3v) is 4.28. The fourth-order valence-electron chi connectivity index (χ4n) is 2.79. The van der Waals surface area contributed by atoms with Gasteiger partial charge in [-0.1, -0.05) is 0 Å². The van der Waals surface area contributed by atoms with Crippen molar-refractivity contribution in [2.45, 2.75) is 56.7 Å². The number of hydrogen-bond acceptors (Lipinski definition) is 4. The lowest BCUT2D eigenvalue weighted by molar-refractivity contribution is -0.139. The molecule has 5 nitrogen and oxygen atoms in total. The van der Waals surface area contributed by atoms with Crippen molar-refractivity contribution in [3.8, 4) is 0 Å². The molecule has 0 bridgehead atoms. The van der Waals surface area contributed by atoms with Gasteiger partial charge in [-0.15, -0.1) is 0 Å². The van der Waals surface area contributed by atoms with Crippen LogP contribution in [0.15, 0.2) is 0 Å². The third kappa shape index (κ3) is 4.44. The summed E-state index contributed by atoms with van der Waals surface area (Å²) >= 11 is 0. The molecule has 0 aromatic heterocycles. The number of hydrogen-bond donors (Lipinski definition) is 2. The van der Waals surface area contributed by atoms with Gasteiger partial charge in [-0.05, 0) is 45.6 Å². The second kappa shape index (κ2) is 6.20. The number of likely N-dealkylation sites (tertiary alicyclic amines) is 1. The number of nitrogens with one attached hydrogen (secondary N) is 1. The normalized spacial score (nSPS) is 30.2. The van der Waals surface area contributed by atoms with Crippen molar-refractivity contribution in [1.29, 1.82) is 0 Å². The Morgan fingerprint density at radius 1 is 1.58 bits per heavy atom. The predicted octanol–water partition coefficient (Wildman–Crippen LogP) is 1.08. The van der Waals surface area contributed by atoms with Crippen molar-refractivity contribution < 1.29 is 14.6 Å². The molecule has 2 fully saturated rings. The Balaban J connectivity index is 1.77. The molecular formula is C14H26N2O3. The molecule has 1 heterocycles. The van der Waals surface area contributed by atoms with Gasteiger partial charge in [0.05, 0.1) is 5.60 Å². The molecule has 0 aromatic rings. The molecule has 1 aliphatic heterocycles. The fourth-order valence-corrected chi connectivity index (χ4v) is 2.79. The molecule has 19 heavy (non-hydrogen) atoms. The van der Waals surface area contributed by atoms with Gasteiger partial charge in [0.25, 0.3) is 0 Å². The molecule has 2 rings (SSSR count). The van der Waals surface area contributed by atoms with E-state index in [1.54, 1.807) is 7.11 Å². The van der Waals surface area contributed by atoms with E-state index in [-0.39, 0.29) is 5.60 Å². The van der Waals surface area contributed by atoms with Crippen LogP contribution in [0.25, 0.3) is 0 Å². The standard InChI is InChI=1S/C14H26N2O3/c1-14(19-2)7-3-8-16(10-14)9-6-12(13(17)18)15-11-4-5-11/h11-12,15H,3-10H2,1-2H3,(H,17,18). The van der Waals surface area contributed by atoms with Crippen LogP contribution in [0.5, 0.6) is 0 Å². The largest absolute Gasteiger partial charge is 0.480 e. The Hall–Kier alpha value is -0.650. The first-order chi connectivity index (χ1) is 9.02. The molecule has 2 N–H and O–H groups in total. The molecule has 110 valence electrons. The Morgan fingerprint density at radius 2 is 2.32 bits per heavy atom. The van der Waals surface area contributed by atoms with Gasteiger partial charge in [-0.3, -0.25) is 4.79 Å². The number of carboxylic acid groups (broad SMARTS) is 1. The zero-order valence-corrected chi connectivity index (χ0v) is 12.0. The van der Waals surface area contributed by atoms with Crippen LogP contribution in [-0.4, -0.2) is 60.4 Å². The summed E-state index contributed by atoms with van der Waals surface area (Å²) in [5.41, 5.74) is -0.0686. The molecule has 0 radical (unpaired) electrons. The molecule has 0 amide bonds.